The lowest BCUT2D eigenvalue weighted by molar-refractivity contribution is 0.553. The van der Waals surface area contributed by atoms with Gasteiger partial charge in [0.2, 0.25) is 10.0 Å². The molecular formula is C16H19N3O4S. The Labute approximate surface area is 139 Å². The summed E-state index contributed by atoms with van der Waals surface area (Å²) in [5.41, 5.74) is 4.07. The summed E-state index contributed by atoms with van der Waals surface area (Å²) in [6.07, 6.45) is 0.605. The van der Waals surface area contributed by atoms with E-state index in [1.807, 2.05) is 20.9 Å². The van der Waals surface area contributed by atoms with Gasteiger partial charge in [-0.05, 0) is 44.0 Å². The highest BCUT2D eigenvalue weighted by atomic mass is 32.2. The van der Waals surface area contributed by atoms with Gasteiger partial charge in [-0.3, -0.25) is 4.98 Å². The van der Waals surface area contributed by atoms with Crippen molar-refractivity contribution in [1.82, 2.24) is 14.3 Å². The summed E-state index contributed by atoms with van der Waals surface area (Å²) in [5.74, 6) is -0.609. The second kappa shape index (κ2) is 5.95. The Morgan fingerprint density at radius 3 is 2.67 bits per heavy atom. The topological polar surface area (TPSA) is 97.1 Å². The maximum absolute atomic E-state index is 12.4. The average molecular weight is 349 g/mol. The first kappa shape index (κ1) is 16.5. The Hall–Kier alpha value is -2.32. The Balaban J connectivity index is 1.75. The molecule has 0 aliphatic heterocycles. The number of H-pyrrole nitrogens is 1. The monoisotopic (exact) mass is 349 g/mol. The second-order valence-electron chi connectivity index (χ2n) is 5.78. The minimum absolute atomic E-state index is 0.0683. The molecular weight excluding hydrogens is 330 g/mol. The van der Waals surface area contributed by atoms with Gasteiger partial charge in [0.15, 0.2) is 5.58 Å². The highest BCUT2D eigenvalue weighted by Crippen LogP contribution is 2.17. The zero-order chi connectivity index (χ0) is 17.5. The number of oxazole rings is 1. The van der Waals surface area contributed by atoms with Crippen molar-refractivity contribution < 1.29 is 12.8 Å². The maximum atomic E-state index is 12.4. The van der Waals surface area contributed by atoms with Crippen molar-refractivity contribution in [2.75, 3.05) is 6.54 Å². The molecule has 0 spiro atoms. The van der Waals surface area contributed by atoms with E-state index in [1.165, 1.54) is 18.2 Å². The molecule has 0 amide bonds. The molecule has 0 radical (unpaired) electrons. The lowest BCUT2D eigenvalue weighted by atomic mass is 10.2. The lowest BCUT2D eigenvalue weighted by Gasteiger charge is -2.07. The maximum Gasteiger partial charge on any atom is 0.417 e. The number of hydrogen-bond acceptors (Lipinski definition) is 4. The van der Waals surface area contributed by atoms with Crippen LogP contribution in [-0.4, -0.2) is 24.5 Å². The summed E-state index contributed by atoms with van der Waals surface area (Å²) in [7, 11) is -1.68. The van der Waals surface area contributed by atoms with Crippen LogP contribution in [0.25, 0.3) is 11.1 Å². The molecule has 2 heterocycles. The third-order valence-corrected chi connectivity index (χ3v) is 5.73. The Bertz CT molecular complexity index is 1060. The average Bonchev–Trinajstić information content (AvgIpc) is 3.01. The largest absolute Gasteiger partial charge is 0.417 e. The van der Waals surface area contributed by atoms with Crippen LogP contribution in [0.2, 0.25) is 0 Å². The van der Waals surface area contributed by atoms with Gasteiger partial charge in [-0.2, -0.15) is 0 Å². The molecule has 0 saturated carbocycles. The predicted octanol–water partition coefficient (Wildman–Crippen LogP) is 1.60. The zero-order valence-corrected chi connectivity index (χ0v) is 14.5. The van der Waals surface area contributed by atoms with E-state index >= 15 is 0 Å². The summed E-state index contributed by atoms with van der Waals surface area (Å²) in [4.78, 5) is 13.7. The molecule has 3 aromatic rings. The fraction of sp³-hybridized carbons (Fsp3) is 0.312. The van der Waals surface area contributed by atoms with Crippen LogP contribution in [0.1, 0.15) is 17.0 Å². The van der Waals surface area contributed by atoms with E-state index in [9.17, 15) is 13.2 Å². The van der Waals surface area contributed by atoms with E-state index in [4.69, 9.17) is 4.42 Å². The number of benzene rings is 1. The highest BCUT2D eigenvalue weighted by Gasteiger charge is 2.16. The SMILES string of the molecule is Cc1cc(CCNS(=O)(=O)c2ccc3[nH]c(=O)oc3c2)c(C)n1C. The molecule has 0 aliphatic rings. The van der Waals surface area contributed by atoms with E-state index < -0.39 is 15.8 Å². The van der Waals surface area contributed by atoms with Crippen molar-refractivity contribution in [2.24, 2.45) is 7.05 Å². The number of nitrogens with zero attached hydrogens (tertiary/aromatic N) is 1. The van der Waals surface area contributed by atoms with E-state index in [1.54, 1.807) is 0 Å². The molecule has 8 heteroatoms. The number of hydrogen-bond donors (Lipinski definition) is 2. The second-order valence-corrected chi connectivity index (χ2v) is 7.54. The van der Waals surface area contributed by atoms with E-state index in [0.29, 0.717) is 18.5 Å². The number of aryl methyl sites for hydroxylation is 1. The third-order valence-electron chi connectivity index (χ3n) is 4.27. The number of rotatable bonds is 5. The van der Waals surface area contributed by atoms with Gasteiger partial charge in [0, 0.05) is 31.0 Å². The molecule has 0 fully saturated rings. The first-order chi connectivity index (χ1) is 11.3. The van der Waals surface area contributed by atoms with Gasteiger partial charge in [0.25, 0.3) is 0 Å². The molecule has 2 aromatic heterocycles. The molecule has 2 N–H and O–H groups in total. The zero-order valence-electron chi connectivity index (χ0n) is 13.7. The predicted molar refractivity (Wildman–Crippen MR) is 90.6 cm³/mol. The van der Waals surface area contributed by atoms with Gasteiger partial charge >= 0.3 is 5.76 Å². The van der Waals surface area contributed by atoms with Crippen LogP contribution in [0.5, 0.6) is 0 Å². The van der Waals surface area contributed by atoms with E-state index in [0.717, 1.165) is 17.0 Å². The number of sulfonamides is 1. The molecule has 7 nitrogen and oxygen atoms in total. The van der Waals surface area contributed by atoms with Crippen molar-refractivity contribution in [1.29, 1.82) is 0 Å². The number of aromatic amines is 1. The van der Waals surface area contributed by atoms with Crippen molar-refractivity contribution in [3.63, 3.8) is 0 Å². The van der Waals surface area contributed by atoms with Gasteiger partial charge in [0.05, 0.1) is 10.4 Å². The van der Waals surface area contributed by atoms with Crippen molar-refractivity contribution in [2.45, 2.75) is 25.2 Å². The van der Waals surface area contributed by atoms with Crippen LogP contribution >= 0.6 is 0 Å². The molecule has 0 unspecified atom stereocenters. The Kier molecular flexibility index (Phi) is 4.10. The van der Waals surface area contributed by atoms with Crippen LogP contribution in [0, 0.1) is 13.8 Å². The van der Waals surface area contributed by atoms with E-state index in [-0.39, 0.29) is 10.5 Å². The first-order valence-electron chi connectivity index (χ1n) is 7.52. The van der Waals surface area contributed by atoms with Crippen LogP contribution in [-0.2, 0) is 23.5 Å². The van der Waals surface area contributed by atoms with Gasteiger partial charge in [-0.15, -0.1) is 0 Å². The summed E-state index contributed by atoms with van der Waals surface area (Å²) in [6.45, 7) is 4.32. The molecule has 0 aliphatic carbocycles. The number of aromatic nitrogens is 2. The Morgan fingerprint density at radius 1 is 1.25 bits per heavy atom. The quantitative estimate of drug-likeness (QED) is 0.731. The lowest BCUT2D eigenvalue weighted by Crippen LogP contribution is -2.26. The summed E-state index contributed by atoms with van der Waals surface area (Å²) < 4.78 is 34.3. The molecule has 3 rings (SSSR count). The fourth-order valence-electron chi connectivity index (χ4n) is 2.68. The number of nitrogens with one attached hydrogen (secondary N) is 2. The van der Waals surface area contributed by atoms with Gasteiger partial charge in [-0.1, -0.05) is 0 Å². The molecule has 0 bridgehead atoms. The van der Waals surface area contributed by atoms with Gasteiger partial charge in [0.1, 0.15) is 0 Å². The van der Waals surface area contributed by atoms with Crippen LogP contribution in [0.15, 0.2) is 38.4 Å². The Morgan fingerprint density at radius 2 is 2.00 bits per heavy atom. The molecule has 1 aromatic carbocycles. The summed E-state index contributed by atoms with van der Waals surface area (Å²) in [5, 5.41) is 0. The normalized spacial score (nSPS) is 12.1. The van der Waals surface area contributed by atoms with Crippen molar-refractivity contribution in [3.05, 3.63) is 51.8 Å². The minimum Gasteiger partial charge on any atom is -0.408 e. The molecule has 24 heavy (non-hydrogen) atoms. The fourth-order valence-corrected chi connectivity index (χ4v) is 3.73. The van der Waals surface area contributed by atoms with Gasteiger partial charge < -0.3 is 8.98 Å². The van der Waals surface area contributed by atoms with E-state index in [2.05, 4.69) is 20.3 Å². The number of fused-ring (bicyclic) bond motifs is 1. The third kappa shape index (κ3) is 3.02. The molecule has 128 valence electrons. The van der Waals surface area contributed by atoms with Crippen LogP contribution < -0.4 is 10.5 Å². The first-order valence-corrected chi connectivity index (χ1v) is 9.00. The molecule has 0 atom stereocenters. The standard InChI is InChI=1S/C16H19N3O4S/c1-10-8-12(11(2)19(10)3)6-7-17-24(21,22)13-4-5-14-15(9-13)23-16(20)18-14/h4-5,8-9,17H,6-7H2,1-3H3,(H,18,20). The highest BCUT2D eigenvalue weighted by molar-refractivity contribution is 7.89. The summed E-state index contributed by atoms with van der Waals surface area (Å²) in [6, 6.07) is 6.35. The smallest absolute Gasteiger partial charge is 0.408 e. The molecule has 0 saturated heterocycles. The summed E-state index contributed by atoms with van der Waals surface area (Å²) >= 11 is 0. The van der Waals surface area contributed by atoms with Crippen molar-refractivity contribution in [3.8, 4) is 0 Å². The van der Waals surface area contributed by atoms with Crippen molar-refractivity contribution >= 4 is 21.1 Å². The minimum atomic E-state index is -3.66. The van der Waals surface area contributed by atoms with Crippen LogP contribution in [0.4, 0.5) is 0 Å². The van der Waals surface area contributed by atoms with Gasteiger partial charge in [-0.25, -0.2) is 17.9 Å². The van der Waals surface area contributed by atoms with Crippen LogP contribution in [0.3, 0.4) is 0 Å².